The van der Waals surface area contributed by atoms with Gasteiger partial charge in [-0.15, -0.1) is 0 Å². The van der Waals surface area contributed by atoms with E-state index in [9.17, 15) is 9.59 Å². The molecular weight excluding hydrogens is 292 g/mol. The third-order valence-electron chi connectivity index (χ3n) is 3.99. The third-order valence-corrected chi connectivity index (χ3v) is 3.99. The highest BCUT2D eigenvalue weighted by molar-refractivity contribution is 5.99. The highest BCUT2D eigenvalue weighted by atomic mass is 16.2. The lowest BCUT2D eigenvalue weighted by atomic mass is 10.1. The molecule has 1 aromatic carbocycles. The van der Waals surface area contributed by atoms with Crippen molar-refractivity contribution < 1.29 is 10.5 Å². The number of hydrogen-bond donors (Lipinski definition) is 2. The van der Waals surface area contributed by atoms with Crippen LogP contribution < -0.4 is 17.0 Å². The number of benzene rings is 1. The number of anilines is 1. The van der Waals surface area contributed by atoms with Crippen LogP contribution in [-0.4, -0.2) is 21.7 Å². The minimum absolute atomic E-state index is 0.105. The van der Waals surface area contributed by atoms with Crippen LogP contribution in [0, 0.1) is 0 Å². The lowest BCUT2D eigenvalue weighted by Crippen LogP contribution is -2.50. The second-order valence-electron chi connectivity index (χ2n) is 5.68. The maximum Gasteiger partial charge on any atom is 0.284 e. The number of aromatic nitrogens is 2. The first kappa shape index (κ1) is 17.0. The van der Waals surface area contributed by atoms with Gasteiger partial charge >= 0.3 is 0 Å². The Labute approximate surface area is 135 Å². The smallest absolute Gasteiger partial charge is 0.284 e. The Morgan fingerprint density at radius 3 is 2.43 bits per heavy atom. The molecule has 0 amide bonds. The number of para-hydroxylation sites is 1. The van der Waals surface area contributed by atoms with Gasteiger partial charge in [0, 0.05) is 13.5 Å². The second kappa shape index (κ2) is 7.78. The molecule has 0 fully saturated rings. The van der Waals surface area contributed by atoms with E-state index < -0.39 is 0 Å². The van der Waals surface area contributed by atoms with Gasteiger partial charge in [0.1, 0.15) is 11.4 Å². The fourth-order valence-corrected chi connectivity index (χ4v) is 2.68. The van der Waals surface area contributed by atoms with Gasteiger partial charge in [0.25, 0.3) is 5.56 Å². The van der Waals surface area contributed by atoms with E-state index in [4.69, 9.17) is 5.73 Å². The number of Topliss-reactive ketones (excluding diaryl/α,β-unsaturated/α-hetero) is 1. The molecule has 2 rings (SSSR count). The summed E-state index contributed by atoms with van der Waals surface area (Å²) >= 11 is 0. The van der Waals surface area contributed by atoms with Crippen molar-refractivity contribution in [3.63, 3.8) is 0 Å². The number of nitrogens with two attached hydrogens (primary N) is 1. The summed E-state index contributed by atoms with van der Waals surface area (Å²) in [6.45, 7) is 0.918. The van der Waals surface area contributed by atoms with E-state index >= 15 is 0 Å². The van der Waals surface area contributed by atoms with E-state index in [1.165, 1.54) is 9.36 Å². The molecule has 0 saturated heterocycles. The molecule has 0 aliphatic heterocycles. The van der Waals surface area contributed by atoms with Gasteiger partial charge in [0.05, 0.1) is 12.2 Å². The number of ketones is 1. The molecule has 6 nitrogen and oxygen atoms in total. The van der Waals surface area contributed by atoms with Gasteiger partial charge in [-0.1, -0.05) is 24.6 Å². The number of nitrogen functional groups attached to an aromatic ring is 1. The number of unbranched alkanes of at least 4 members (excludes halogenated alkanes) is 3. The number of quaternary nitrogens is 1. The second-order valence-corrected chi connectivity index (χ2v) is 5.68. The fraction of sp³-hybridized carbons (Fsp3) is 0.412. The van der Waals surface area contributed by atoms with Crippen molar-refractivity contribution in [3.05, 3.63) is 46.2 Å². The normalized spacial score (nSPS) is 10.9. The van der Waals surface area contributed by atoms with Gasteiger partial charge in [-0.3, -0.25) is 14.3 Å². The highest BCUT2D eigenvalue weighted by Crippen LogP contribution is 2.15. The van der Waals surface area contributed by atoms with Gasteiger partial charge in [0.2, 0.25) is 0 Å². The van der Waals surface area contributed by atoms with E-state index in [1.54, 1.807) is 7.05 Å². The highest BCUT2D eigenvalue weighted by Gasteiger charge is 2.22. The fourth-order valence-electron chi connectivity index (χ4n) is 2.68. The molecule has 124 valence electrons. The van der Waals surface area contributed by atoms with Crippen LogP contribution in [-0.2, 0) is 7.05 Å². The summed E-state index contributed by atoms with van der Waals surface area (Å²) in [5, 5.41) is 0. The summed E-state index contributed by atoms with van der Waals surface area (Å²) in [5.41, 5.74) is 10.3. The van der Waals surface area contributed by atoms with Crippen LogP contribution in [0.25, 0.3) is 5.69 Å². The topological polar surface area (TPSA) is 97.7 Å². The average Bonchev–Trinajstić information content (AvgIpc) is 2.77. The Morgan fingerprint density at radius 2 is 1.78 bits per heavy atom. The van der Waals surface area contributed by atoms with Crippen LogP contribution >= 0.6 is 0 Å². The Morgan fingerprint density at radius 1 is 1.13 bits per heavy atom. The quantitative estimate of drug-likeness (QED) is 0.564. The zero-order valence-corrected chi connectivity index (χ0v) is 13.6. The first-order valence-electron chi connectivity index (χ1n) is 8.03. The summed E-state index contributed by atoms with van der Waals surface area (Å²) in [6, 6.07) is 9.19. The minimum atomic E-state index is -0.348. The lowest BCUT2D eigenvalue weighted by Gasteiger charge is -2.07. The number of nitrogens with zero attached hydrogens (tertiary/aromatic N) is 2. The van der Waals surface area contributed by atoms with Gasteiger partial charge < -0.3 is 11.5 Å². The average molecular weight is 317 g/mol. The standard InChI is InChI=1S/C17H24N4O2/c1-20-16(19)15(14(22)11-7-2-3-8-12-18)17(23)21(20)13-9-5-4-6-10-13/h4-6,9-10H,2-3,7-8,11-12,18-19H2,1H3/p+1. The summed E-state index contributed by atoms with van der Waals surface area (Å²) in [7, 11) is 1.69. The number of rotatable bonds is 8. The maximum absolute atomic E-state index is 12.6. The predicted octanol–water partition coefficient (Wildman–Crippen LogP) is 1.13. The summed E-state index contributed by atoms with van der Waals surface area (Å²) in [4.78, 5) is 25.0. The van der Waals surface area contributed by atoms with Crippen LogP contribution in [0.2, 0.25) is 0 Å². The van der Waals surface area contributed by atoms with Gasteiger partial charge in [-0.05, 0) is 31.4 Å². The Kier molecular flexibility index (Phi) is 5.76. The van der Waals surface area contributed by atoms with E-state index in [2.05, 4.69) is 5.73 Å². The van der Waals surface area contributed by atoms with Crippen LogP contribution in [0.15, 0.2) is 35.1 Å². The first-order chi connectivity index (χ1) is 11.1. The zero-order valence-electron chi connectivity index (χ0n) is 13.6. The molecule has 1 heterocycles. The molecule has 0 spiro atoms. The summed E-state index contributed by atoms with van der Waals surface area (Å²) in [6.07, 6.45) is 4.24. The van der Waals surface area contributed by atoms with Crippen molar-refractivity contribution in [1.29, 1.82) is 0 Å². The van der Waals surface area contributed by atoms with Gasteiger partial charge in [-0.2, -0.15) is 0 Å². The molecule has 5 N–H and O–H groups in total. The van der Waals surface area contributed by atoms with Crippen molar-refractivity contribution in [2.75, 3.05) is 12.3 Å². The van der Waals surface area contributed by atoms with Crippen LogP contribution in [0.4, 0.5) is 5.82 Å². The van der Waals surface area contributed by atoms with E-state index in [0.717, 1.165) is 32.2 Å². The largest absolute Gasteiger partial charge is 0.383 e. The predicted molar refractivity (Wildman–Crippen MR) is 90.6 cm³/mol. The van der Waals surface area contributed by atoms with Gasteiger partial charge in [-0.25, -0.2) is 4.68 Å². The molecule has 23 heavy (non-hydrogen) atoms. The molecule has 0 atom stereocenters. The Bertz CT molecular complexity index is 716. The zero-order chi connectivity index (χ0) is 16.8. The molecule has 1 aromatic heterocycles. The molecule has 0 unspecified atom stereocenters. The minimum Gasteiger partial charge on any atom is -0.383 e. The molecule has 0 bridgehead atoms. The Balaban J connectivity index is 2.20. The molecule has 0 radical (unpaired) electrons. The third kappa shape index (κ3) is 3.71. The Hall–Kier alpha value is -2.34. The van der Waals surface area contributed by atoms with E-state index in [-0.39, 0.29) is 22.7 Å². The molecular formula is C17H25N4O2+. The summed E-state index contributed by atoms with van der Waals surface area (Å²) < 4.78 is 2.97. The van der Waals surface area contributed by atoms with E-state index in [1.807, 2.05) is 30.3 Å². The molecule has 0 aliphatic carbocycles. The molecule has 2 aromatic rings. The number of carbonyl (C=O) groups is 1. The van der Waals surface area contributed by atoms with Gasteiger partial charge in [0.15, 0.2) is 5.78 Å². The monoisotopic (exact) mass is 317 g/mol. The number of hydrogen-bond acceptors (Lipinski definition) is 3. The molecule has 0 saturated carbocycles. The maximum atomic E-state index is 12.6. The van der Waals surface area contributed by atoms with Crippen molar-refractivity contribution in [3.8, 4) is 5.69 Å². The van der Waals surface area contributed by atoms with Crippen molar-refractivity contribution in [1.82, 2.24) is 9.36 Å². The summed E-state index contributed by atoms with van der Waals surface area (Å²) in [5.74, 6) is 0.0500. The lowest BCUT2D eigenvalue weighted by molar-refractivity contribution is -0.368. The van der Waals surface area contributed by atoms with Crippen molar-refractivity contribution in [2.45, 2.75) is 32.1 Å². The SMILES string of the molecule is Cn1c(N)c(C(=O)CCCCCC[NH3+])c(=O)n1-c1ccccc1. The molecule has 6 heteroatoms. The van der Waals surface area contributed by atoms with E-state index in [0.29, 0.717) is 12.1 Å². The van der Waals surface area contributed by atoms with Crippen LogP contribution in [0.3, 0.4) is 0 Å². The number of carbonyl (C=O) groups excluding carboxylic acids is 1. The molecule has 0 aliphatic rings. The van der Waals surface area contributed by atoms with Crippen LogP contribution in [0.1, 0.15) is 42.5 Å². The van der Waals surface area contributed by atoms with Crippen molar-refractivity contribution in [2.24, 2.45) is 7.05 Å². The first-order valence-corrected chi connectivity index (χ1v) is 8.03. The van der Waals surface area contributed by atoms with Crippen molar-refractivity contribution >= 4 is 11.6 Å². The van der Waals surface area contributed by atoms with Crippen LogP contribution in [0.5, 0.6) is 0 Å².